The molecule has 112 valence electrons. The number of anilines is 1. The number of benzene rings is 1. The summed E-state index contributed by atoms with van der Waals surface area (Å²) in [5, 5.41) is 1.24. The Hall–Kier alpha value is -1.32. The van der Waals surface area contributed by atoms with Gasteiger partial charge in [0.15, 0.2) is 0 Å². The number of allylic oxidation sites excluding steroid dienone is 2. The molecule has 4 heteroatoms. The average Bonchev–Trinajstić information content (AvgIpc) is 2.82. The molecule has 1 amide bonds. The summed E-state index contributed by atoms with van der Waals surface area (Å²) in [5.74, 6) is -0.0802. The van der Waals surface area contributed by atoms with E-state index in [0.717, 1.165) is 18.5 Å². The molecular weight excluding hydrogens is 302 g/mol. The van der Waals surface area contributed by atoms with E-state index in [1.807, 2.05) is 24.3 Å². The van der Waals surface area contributed by atoms with Crippen molar-refractivity contribution in [1.82, 2.24) is 0 Å². The maximum atomic E-state index is 11.7. The van der Waals surface area contributed by atoms with Crippen molar-refractivity contribution in [2.45, 2.75) is 26.7 Å². The number of nitrogens with zero attached hydrogens (tertiary/aromatic N) is 1. The highest BCUT2D eigenvalue weighted by molar-refractivity contribution is 7.19. The monoisotopic (exact) mass is 321 g/mol. The summed E-state index contributed by atoms with van der Waals surface area (Å²) in [6.45, 7) is 4.21. The molecule has 1 heterocycles. The molecule has 0 aliphatic rings. The van der Waals surface area contributed by atoms with Gasteiger partial charge in [0.2, 0.25) is 5.91 Å². The number of thiophene rings is 1. The maximum Gasteiger partial charge on any atom is 0.241 e. The Labute approximate surface area is 135 Å². The van der Waals surface area contributed by atoms with Gasteiger partial charge in [-0.3, -0.25) is 4.79 Å². The lowest BCUT2D eigenvalue weighted by molar-refractivity contribution is -0.116. The smallest absolute Gasteiger partial charge is 0.241 e. The van der Waals surface area contributed by atoms with Crippen LogP contribution in [0, 0.1) is 6.92 Å². The lowest BCUT2D eigenvalue weighted by Gasteiger charge is -2.16. The number of hydrogen-bond acceptors (Lipinski definition) is 2. The third kappa shape index (κ3) is 3.47. The highest BCUT2D eigenvalue weighted by Gasteiger charge is 2.13. The summed E-state index contributed by atoms with van der Waals surface area (Å²) in [5.41, 5.74) is 2.22. The minimum absolute atomic E-state index is 0.00571. The van der Waals surface area contributed by atoms with E-state index >= 15 is 0 Å². The molecule has 0 unspecified atom stereocenters. The Morgan fingerprint density at radius 2 is 2.19 bits per heavy atom. The molecule has 1 aromatic carbocycles. The minimum atomic E-state index is -0.0859. The van der Waals surface area contributed by atoms with Gasteiger partial charge in [0.05, 0.1) is 0 Å². The van der Waals surface area contributed by atoms with Gasteiger partial charge in [-0.15, -0.1) is 22.9 Å². The zero-order chi connectivity index (χ0) is 15.4. The molecule has 0 atom stereocenters. The fraction of sp³-hybridized carbons (Fsp3) is 0.353. The second-order valence-corrected chi connectivity index (χ2v) is 6.43. The number of halogens is 1. The van der Waals surface area contributed by atoms with Crippen molar-refractivity contribution in [3.63, 3.8) is 0 Å². The van der Waals surface area contributed by atoms with Crippen LogP contribution in [-0.4, -0.2) is 18.8 Å². The molecule has 21 heavy (non-hydrogen) atoms. The van der Waals surface area contributed by atoms with Gasteiger partial charge >= 0.3 is 0 Å². The van der Waals surface area contributed by atoms with Gasteiger partial charge in [0.1, 0.15) is 5.88 Å². The number of amides is 1. The zero-order valence-electron chi connectivity index (χ0n) is 12.6. The average molecular weight is 322 g/mol. The lowest BCUT2D eigenvalue weighted by Crippen LogP contribution is -2.27. The fourth-order valence-corrected chi connectivity index (χ4v) is 3.71. The third-order valence-electron chi connectivity index (χ3n) is 3.67. The number of carbonyl (C=O) groups excluding carboxylic acids is 1. The Morgan fingerprint density at radius 1 is 1.43 bits per heavy atom. The van der Waals surface area contributed by atoms with Crippen LogP contribution in [-0.2, 0) is 11.2 Å². The van der Waals surface area contributed by atoms with Crippen LogP contribution in [0.4, 0.5) is 5.69 Å². The second-order valence-electron chi connectivity index (χ2n) is 5.02. The van der Waals surface area contributed by atoms with Gasteiger partial charge < -0.3 is 4.90 Å². The summed E-state index contributed by atoms with van der Waals surface area (Å²) in [6, 6.07) is 6.17. The first-order valence-electron chi connectivity index (χ1n) is 7.04. The van der Waals surface area contributed by atoms with Gasteiger partial charge in [0.25, 0.3) is 0 Å². The van der Waals surface area contributed by atoms with Crippen molar-refractivity contribution in [3.05, 3.63) is 40.8 Å². The SMILES string of the molecule is CC=CCCc1sc2ccc(N(C)C(=O)CCl)cc2c1C. The van der Waals surface area contributed by atoms with E-state index in [1.54, 1.807) is 11.9 Å². The van der Waals surface area contributed by atoms with E-state index < -0.39 is 0 Å². The van der Waals surface area contributed by atoms with Gasteiger partial charge in [-0.25, -0.2) is 0 Å². The van der Waals surface area contributed by atoms with Crippen LogP contribution < -0.4 is 4.90 Å². The second kappa shape index (κ2) is 7.10. The number of carbonyl (C=O) groups is 1. The van der Waals surface area contributed by atoms with E-state index in [9.17, 15) is 4.79 Å². The molecule has 0 radical (unpaired) electrons. The molecule has 0 saturated carbocycles. The first-order valence-corrected chi connectivity index (χ1v) is 8.39. The summed E-state index contributed by atoms with van der Waals surface area (Å²) in [7, 11) is 1.76. The van der Waals surface area contributed by atoms with Crippen molar-refractivity contribution in [3.8, 4) is 0 Å². The van der Waals surface area contributed by atoms with Crippen molar-refractivity contribution < 1.29 is 4.79 Å². The molecule has 0 N–H and O–H groups in total. The summed E-state index contributed by atoms with van der Waals surface area (Å²) < 4.78 is 1.28. The number of alkyl halides is 1. The molecular formula is C17H20ClNOS. The maximum absolute atomic E-state index is 11.7. The molecule has 0 aliphatic carbocycles. The van der Waals surface area contributed by atoms with E-state index in [2.05, 4.69) is 31.2 Å². The topological polar surface area (TPSA) is 20.3 Å². The predicted octanol–water partition coefficient (Wildman–Crippen LogP) is 4.92. The number of aryl methyl sites for hydroxylation is 2. The molecule has 2 rings (SSSR count). The normalized spacial score (nSPS) is 11.4. The minimum Gasteiger partial charge on any atom is -0.314 e. The van der Waals surface area contributed by atoms with Gasteiger partial charge in [-0.2, -0.15) is 0 Å². The van der Waals surface area contributed by atoms with E-state index in [-0.39, 0.29) is 11.8 Å². The molecule has 0 aliphatic heterocycles. The van der Waals surface area contributed by atoms with Crippen molar-refractivity contribution in [1.29, 1.82) is 0 Å². The molecule has 0 spiro atoms. The highest BCUT2D eigenvalue weighted by atomic mass is 35.5. The lowest BCUT2D eigenvalue weighted by atomic mass is 10.1. The molecule has 0 saturated heterocycles. The first kappa shape index (κ1) is 16.1. The standard InChI is InChI=1S/C17H20ClNOS/c1-4-5-6-7-15-12(2)14-10-13(8-9-16(14)21-15)19(3)17(20)11-18/h4-5,8-10H,6-7,11H2,1-3H3. The summed E-state index contributed by atoms with van der Waals surface area (Å²) in [4.78, 5) is 14.7. The van der Waals surface area contributed by atoms with Crippen LogP contribution in [0.15, 0.2) is 30.4 Å². The van der Waals surface area contributed by atoms with Crippen LogP contribution in [0.1, 0.15) is 23.8 Å². The zero-order valence-corrected chi connectivity index (χ0v) is 14.2. The first-order chi connectivity index (χ1) is 10.1. The molecule has 2 nitrogen and oxygen atoms in total. The fourth-order valence-electron chi connectivity index (χ4n) is 2.32. The van der Waals surface area contributed by atoms with Crippen LogP contribution in [0.2, 0.25) is 0 Å². The van der Waals surface area contributed by atoms with Crippen molar-refractivity contribution in [2.24, 2.45) is 0 Å². The Balaban J connectivity index is 2.34. The molecule has 1 aromatic heterocycles. The van der Waals surface area contributed by atoms with Crippen molar-refractivity contribution in [2.75, 3.05) is 17.8 Å². The number of rotatable bonds is 5. The van der Waals surface area contributed by atoms with Crippen molar-refractivity contribution >= 4 is 44.6 Å². The number of fused-ring (bicyclic) bond motifs is 1. The van der Waals surface area contributed by atoms with Crippen LogP contribution in [0.25, 0.3) is 10.1 Å². The van der Waals surface area contributed by atoms with Gasteiger partial charge in [-0.1, -0.05) is 12.2 Å². The Kier molecular flexibility index (Phi) is 5.43. The third-order valence-corrected chi connectivity index (χ3v) is 5.23. The quantitative estimate of drug-likeness (QED) is 0.565. The van der Waals surface area contributed by atoms with Gasteiger partial charge in [0, 0.05) is 22.3 Å². The van der Waals surface area contributed by atoms with E-state index in [4.69, 9.17) is 11.6 Å². The highest BCUT2D eigenvalue weighted by Crippen LogP contribution is 2.34. The largest absolute Gasteiger partial charge is 0.314 e. The predicted molar refractivity (Wildman–Crippen MR) is 93.8 cm³/mol. The van der Waals surface area contributed by atoms with Crippen LogP contribution >= 0.6 is 22.9 Å². The molecule has 0 fully saturated rings. The van der Waals surface area contributed by atoms with Crippen LogP contribution in [0.3, 0.4) is 0 Å². The Morgan fingerprint density at radius 3 is 2.86 bits per heavy atom. The summed E-state index contributed by atoms with van der Waals surface area (Å²) in [6.07, 6.45) is 6.43. The van der Waals surface area contributed by atoms with E-state index in [0.29, 0.717) is 0 Å². The summed E-state index contributed by atoms with van der Waals surface area (Å²) >= 11 is 7.47. The van der Waals surface area contributed by atoms with Gasteiger partial charge in [-0.05, 0) is 55.8 Å². The molecule has 2 aromatic rings. The molecule has 0 bridgehead atoms. The Bertz CT molecular complexity index is 675. The number of hydrogen-bond donors (Lipinski definition) is 0. The van der Waals surface area contributed by atoms with E-state index in [1.165, 1.54) is 20.5 Å². The van der Waals surface area contributed by atoms with Crippen LogP contribution in [0.5, 0.6) is 0 Å².